The highest BCUT2D eigenvalue weighted by molar-refractivity contribution is 7.99. The van der Waals surface area contributed by atoms with Gasteiger partial charge in [-0.15, -0.1) is 0 Å². The summed E-state index contributed by atoms with van der Waals surface area (Å²) in [4.78, 5) is 0. The lowest BCUT2D eigenvalue weighted by molar-refractivity contribution is 0.595. The van der Waals surface area contributed by atoms with Crippen LogP contribution in [-0.2, 0) is 0 Å². The lowest BCUT2D eigenvalue weighted by atomic mass is 9.96. The van der Waals surface area contributed by atoms with Gasteiger partial charge in [0, 0.05) is 6.54 Å². The molecule has 0 radical (unpaired) electrons. The molecule has 0 heterocycles. The summed E-state index contributed by atoms with van der Waals surface area (Å²) in [5.74, 6) is 2.57. The van der Waals surface area contributed by atoms with Gasteiger partial charge in [-0.2, -0.15) is 11.8 Å². The summed E-state index contributed by atoms with van der Waals surface area (Å²) in [6.45, 7) is 3.08. The van der Waals surface area contributed by atoms with Gasteiger partial charge >= 0.3 is 0 Å². The Morgan fingerprint density at radius 2 is 2.25 bits per heavy atom. The van der Waals surface area contributed by atoms with Crippen molar-refractivity contribution in [2.24, 2.45) is 0 Å². The quantitative estimate of drug-likeness (QED) is 0.735. The van der Waals surface area contributed by atoms with E-state index in [1.807, 2.05) is 24.9 Å². The molecule has 1 aromatic carbocycles. The fourth-order valence-corrected chi connectivity index (χ4v) is 2.50. The zero-order valence-corrected chi connectivity index (χ0v) is 10.8. The van der Waals surface area contributed by atoms with Crippen molar-refractivity contribution in [1.29, 1.82) is 0 Å². The minimum Gasteiger partial charge on any atom is -0.319 e. The summed E-state index contributed by atoms with van der Waals surface area (Å²) in [5.41, 5.74) is 1.10. The van der Waals surface area contributed by atoms with Crippen LogP contribution in [0.15, 0.2) is 24.3 Å². The van der Waals surface area contributed by atoms with E-state index in [2.05, 4.69) is 12.2 Å². The van der Waals surface area contributed by atoms with Crippen molar-refractivity contribution in [2.45, 2.75) is 19.3 Å². The van der Waals surface area contributed by atoms with Crippen LogP contribution in [0.5, 0.6) is 0 Å². The lowest BCUT2D eigenvalue weighted by Gasteiger charge is -2.16. The van der Waals surface area contributed by atoms with Crippen molar-refractivity contribution < 1.29 is 4.39 Å². The molecule has 1 unspecified atom stereocenters. The van der Waals surface area contributed by atoms with E-state index < -0.39 is 0 Å². The molecular weight excluding hydrogens is 221 g/mol. The Labute approximate surface area is 102 Å². The number of halogens is 1. The Hall–Kier alpha value is -0.540. The number of likely N-dealkylation sites (N-methyl/N-ethyl adjacent to an activating group) is 1. The molecule has 1 atom stereocenters. The maximum absolute atomic E-state index is 13.1. The zero-order chi connectivity index (χ0) is 11.8. The topological polar surface area (TPSA) is 12.0 Å². The van der Waals surface area contributed by atoms with Gasteiger partial charge < -0.3 is 5.32 Å². The van der Waals surface area contributed by atoms with Crippen LogP contribution in [0.3, 0.4) is 0 Å². The monoisotopic (exact) mass is 241 g/mol. The minimum absolute atomic E-state index is 0.137. The van der Waals surface area contributed by atoms with E-state index in [-0.39, 0.29) is 5.82 Å². The largest absolute Gasteiger partial charge is 0.319 e. The van der Waals surface area contributed by atoms with E-state index in [9.17, 15) is 4.39 Å². The Bertz CT molecular complexity index is 304. The van der Waals surface area contributed by atoms with Crippen LogP contribution in [0.25, 0.3) is 0 Å². The summed E-state index contributed by atoms with van der Waals surface area (Å²) in [7, 11) is 1.94. The molecule has 0 aromatic heterocycles. The van der Waals surface area contributed by atoms with E-state index in [1.165, 1.54) is 6.07 Å². The number of nitrogens with one attached hydrogen (secondary N) is 1. The number of hydrogen-bond acceptors (Lipinski definition) is 2. The highest BCUT2D eigenvalue weighted by atomic mass is 32.2. The van der Waals surface area contributed by atoms with Gasteiger partial charge in [0.15, 0.2) is 0 Å². The first kappa shape index (κ1) is 13.5. The summed E-state index contributed by atoms with van der Waals surface area (Å²) < 4.78 is 13.1. The average Bonchev–Trinajstić information content (AvgIpc) is 2.28. The van der Waals surface area contributed by atoms with Crippen LogP contribution in [0, 0.1) is 5.82 Å². The van der Waals surface area contributed by atoms with Gasteiger partial charge in [0.05, 0.1) is 0 Å². The van der Waals surface area contributed by atoms with Gasteiger partial charge in [-0.25, -0.2) is 4.39 Å². The molecule has 1 nitrogen and oxygen atoms in total. The van der Waals surface area contributed by atoms with Crippen molar-refractivity contribution in [3.8, 4) is 0 Å². The van der Waals surface area contributed by atoms with Crippen molar-refractivity contribution in [2.75, 3.05) is 25.1 Å². The predicted octanol–water partition coefficient (Wildman–Crippen LogP) is 3.27. The first-order valence-corrected chi connectivity index (χ1v) is 6.91. The van der Waals surface area contributed by atoms with Gasteiger partial charge in [0.1, 0.15) is 5.82 Å². The molecule has 0 fully saturated rings. The third-order valence-corrected chi connectivity index (χ3v) is 3.52. The third kappa shape index (κ3) is 4.54. The van der Waals surface area contributed by atoms with Crippen LogP contribution >= 0.6 is 11.8 Å². The van der Waals surface area contributed by atoms with Crippen molar-refractivity contribution >= 4 is 11.8 Å². The molecule has 0 saturated carbocycles. The molecular formula is C13H20FNS. The fourth-order valence-electron chi connectivity index (χ4n) is 1.76. The Morgan fingerprint density at radius 3 is 2.88 bits per heavy atom. The molecule has 0 saturated heterocycles. The molecule has 1 rings (SSSR count). The zero-order valence-electron chi connectivity index (χ0n) is 10.0. The van der Waals surface area contributed by atoms with E-state index in [4.69, 9.17) is 0 Å². The summed E-state index contributed by atoms with van der Waals surface area (Å²) in [5, 5.41) is 3.18. The summed E-state index contributed by atoms with van der Waals surface area (Å²) in [6, 6.07) is 6.96. The Balaban J connectivity index is 2.61. The van der Waals surface area contributed by atoms with E-state index >= 15 is 0 Å². The van der Waals surface area contributed by atoms with Gasteiger partial charge in [0.2, 0.25) is 0 Å². The van der Waals surface area contributed by atoms with Crippen LogP contribution < -0.4 is 5.32 Å². The normalized spacial score (nSPS) is 12.7. The lowest BCUT2D eigenvalue weighted by Crippen LogP contribution is -2.18. The second-order valence-corrected chi connectivity index (χ2v) is 5.19. The molecule has 0 aliphatic carbocycles. The van der Waals surface area contributed by atoms with Crippen LogP contribution in [-0.4, -0.2) is 25.1 Å². The molecule has 1 N–H and O–H groups in total. The van der Waals surface area contributed by atoms with Crippen molar-refractivity contribution in [3.05, 3.63) is 35.6 Å². The summed E-state index contributed by atoms with van der Waals surface area (Å²) >= 11 is 1.94. The minimum atomic E-state index is -0.137. The second kappa shape index (κ2) is 7.69. The molecule has 3 heteroatoms. The SMILES string of the molecule is CCSCCC(CNC)c1cccc(F)c1. The summed E-state index contributed by atoms with van der Waals surface area (Å²) in [6.07, 6.45) is 1.10. The van der Waals surface area contributed by atoms with E-state index in [1.54, 1.807) is 12.1 Å². The number of hydrogen-bond donors (Lipinski definition) is 1. The van der Waals surface area contributed by atoms with E-state index in [0.717, 1.165) is 30.0 Å². The first-order valence-electron chi connectivity index (χ1n) is 5.75. The second-order valence-electron chi connectivity index (χ2n) is 3.80. The standard InChI is InChI=1S/C13H20FNS/c1-3-16-8-7-12(10-15-2)11-5-4-6-13(14)9-11/h4-6,9,12,15H,3,7-8,10H2,1-2H3. The van der Waals surface area contributed by atoms with Crippen molar-refractivity contribution in [3.63, 3.8) is 0 Å². The van der Waals surface area contributed by atoms with Gasteiger partial charge in [-0.1, -0.05) is 19.1 Å². The molecule has 0 bridgehead atoms. The molecule has 16 heavy (non-hydrogen) atoms. The molecule has 0 amide bonds. The highest BCUT2D eigenvalue weighted by Gasteiger charge is 2.10. The van der Waals surface area contributed by atoms with Gasteiger partial charge in [0.25, 0.3) is 0 Å². The molecule has 1 aromatic rings. The van der Waals surface area contributed by atoms with Crippen LogP contribution in [0.4, 0.5) is 4.39 Å². The van der Waals surface area contributed by atoms with Crippen LogP contribution in [0.1, 0.15) is 24.8 Å². The van der Waals surface area contributed by atoms with E-state index in [0.29, 0.717) is 5.92 Å². The predicted molar refractivity (Wildman–Crippen MR) is 70.7 cm³/mol. The van der Waals surface area contributed by atoms with Gasteiger partial charge in [-0.3, -0.25) is 0 Å². The highest BCUT2D eigenvalue weighted by Crippen LogP contribution is 2.21. The maximum Gasteiger partial charge on any atom is 0.123 e. The molecule has 0 aliphatic rings. The van der Waals surface area contributed by atoms with Gasteiger partial charge in [-0.05, 0) is 48.6 Å². The Morgan fingerprint density at radius 1 is 1.44 bits per heavy atom. The molecule has 0 aliphatic heterocycles. The third-order valence-electron chi connectivity index (χ3n) is 2.59. The first-order chi connectivity index (χ1) is 7.77. The van der Waals surface area contributed by atoms with Crippen LogP contribution in [0.2, 0.25) is 0 Å². The smallest absolute Gasteiger partial charge is 0.123 e. The Kier molecular flexibility index (Phi) is 6.50. The number of rotatable bonds is 7. The van der Waals surface area contributed by atoms with Crippen molar-refractivity contribution in [1.82, 2.24) is 5.32 Å². The molecule has 0 spiro atoms. The maximum atomic E-state index is 13.1. The fraction of sp³-hybridized carbons (Fsp3) is 0.538. The molecule has 90 valence electrons. The average molecular weight is 241 g/mol. The number of benzene rings is 1. The number of thioether (sulfide) groups is 1.